The molecule has 0 aliphatic rings. The van der Waals surface area contributed by atoms with Crippen molar-refractivity contribution in [2.24, 2.45) is 7.05 Å². The molecule has 1 aromatic heterocycles. The summed E-state index contributed by atoms with van der Waals surface area (Å²) in [5.74, 6) is -0.171. The molecule has 0 aliphatic heterocycles. The standard InChI is InChI=1S/C21H23IN2O2/c1-23-19-11-7-6-10-17(19)18(21(23)22)15-24(13-12-20(25)26-2)14-16-8-4-3-5-9-16/h3-11H,12-15H2,1-2H3. The SMILES string of the molecule is COC(=O)CCN(Cc1ccccc1)Cc1c(I)n(C)c2ccccc12. The lowest BCUT2D eigenvalue weighted by Gasteiger charge is -2.22. The number of halogens is 1. The van der Waals surface area contributed by atoms with E-state index in [1.165, 1.54) is 32.8 Å². The molecule has 0 unspecified atom stereocenters. The summed E-state index contributed by atoms with van der Waals surface area (Å²) >= 11 is 2.42. The molecule has 0 amide bonds. The Balaban J connectivity index is 1.87. The van der Waals surface area contributed by atoms with Gasteiger partial charge in [0, 0.05) is 43.1 Å². The average Bonchev–Trinajstić information content (AvgIpc) is 2.91. The zero-order valence-corrected chi connectivity index (χ0v) is 17.3. The van der Waals surface area contributed by atoms with E-state index in [1.54, 1.807) is 0 Å². The molecule has 3 aromatic rings. The molecule has 0 spiro atoms. The molecule has 0 saturated carbocycles. The summed E-state index contributed by atoms with van der Waals surface area (Å²) in [4.78, 5) is 14.0. The van der Waals surface area contributed by atoms with Gasteiger partial charge in [0.15, 0.2) is 0 Å². The fourth-order valence-corrected chi connectivity index (χ4v) is 3.94. The van der Waals surface area contributed by atoms with Crippen LogP contribution in [0.2, 0.25) is 0 Å². The Labute approximate surface area is 167 Å². The van der Waals surface area contributed by atoms with E-state index in [0.717, 1.165) is 13.1 Å². The summed E-state index contributed by atoms with van der Waals surface area (Å²) < 4.78 is 8.29. The lowest BCUT2D eigenvalue weighted by atomic mass is 10.1. The van der Waals surface area contributed by atoms with Gasteiger partial charge in [-0.15, -0.1) is 0 Å². The Bertz CT molecular complexity index is 890. The fourth-order valence-electron chi connectivity index (χ4n) is 3.22. The maximum Gasteiger partial charge on any atom is 0.306 e. The number of aryl methyl sites for hydroxylation is 1. The van der Waals surface area contributed by atoms with E-state index in [2.05, 4.69) is 87.6 Å². The van der Waals surface area contributed by atoms with Crippen LogP contribution in [0.3, 0.4) is 0 Å². The van der Waals surface area contributed by atoms with Crippen LogP contribution < -0.4 is 0 Å². The van der Waals surface area contributed by atoms with Gasteiger partial charge in [0.05, 0.1) is 17.2 Å². The third-order valence-corrected chi connectivity index (χ3v) is 6.00. The van der Waals surface area contributed by atoms with Gasteiger partial charge in [0.2, 0.25) is 0 Å². The third-order valence-electron chi connectivity index (χ3n) is 4.62. The van der Waals surface area contributed by atoms with Crippen molar-refractivity contribution in [2.75, 3.05) is 13.7 Å². The number of hydrogen-bond donors (Lipinski definition) is 0. The quantitative estimate of drug-likeness (QED) is 0.387. The average molecular weight is 462 g/mol. The maximum atomic E-state index is 11.7. The van der Waals surface area contributed by atoms with Gasteiger partial charge in [-0.25, -0.2) is 0 Å². The second kappa shape index (κ2) is 8.68. The second-order valence-corrected chi connectivity index (χ2v) is 7.39. The maximum absolute atomic E-state index is 11.7. The van der Waals surface area contributed by atoms with Crippen LogP contribution in [-0.4, -0.2) is 29.1 Å². The number of aromatic nitrogens is 1. The molecule has 0 fully saturated rings. The molecule has 3 rings (SSSR count). The smallest absolute Gasteiger partial charge is 0.306 e. The normalized spacial score (nSPS) is 11.2. The molecular formula is C21H23IN2O2. The van der Waals surface area contributed by atoms with Gasteiger partial charge >= 0.3 is 5.97 Å². The third kappa shape index (κ3) is 4.27. The number of nitrogens with zero attached hydrogens (tertiary/aromatic N) is 2. The van der Waals surface area contributed by atoms with Crippen molar-refractivity contribution in [3.8, 4) is 0 Å². The van der Waals surface area contributed by atoms with Crippen LogP contribution >= 0.6 is 22.6 Å². The molecule has 0 aliphatic carbocycles. The monoisotopic (exact) mass is 462 g/mol. The van der Waals surface area contributed by atoms with Crippen molar-refractivity contribution in [3.05, 3.63) is 69.4 Å². The summed E-state index contributed by atoms with van der Waals surface area (Å²) in [6.45, 7) is 2.27. The number of esters is 1. The Morgan fingerprint density at radius 1 is 1.08 bits per heavy atom. The second-order valence-electron chi connectivity index (χ2n) is 6.37. The van der Waals surface area contributed by atoms with Crippen molar-refractivity contribution in [2.45, 2.75) is 19.5 Å². The van der Waals surface area contributed by atoms with E-state index in [-0.39, 0.29) is 5.97 Å². The summed E-state index contributed by atoms with van der Waals surface area (Å²) in [5.41, 5.74) is 3.79. The minimum atomic E-state index is -0.171. The van der Waals surface area contributed by atoms with Crippen molar-refractivity contribution < 1.29 is 9.53 Å². The first-order valence-corrected chi connectivity index (χ1v) is 9.73. The Morgan fingerprint density at radius 3 is 2.50 bits per heavy atom. The van der Waals surface area contributed by atoms with Crippen LogP contribution in [0.5, 0.6) is 0 Å². The fraction of sp³-hybridized carbons (Fsp3) is 0.286. The van der Waals surface area contributed by atoms with Crippen LogP contribution in [-0.2, 0) is 29.7 Å². The number of benzene rings is 2. The first-order chi connectivity index (χ1) is 12.6. The molecule has 136 valence electrons. The van der Waals surface area contributed by atoms with Gasteiger partial charge in [0.1, 0.15) is 0 Å². The number of carbonyl (C=O) groups is 1. The van der Waals surface area contributed by atoms with Gasteiger partial charge in [-0.3, -0.25) is 9.69 Å². The summed E-state index contributed by atoms with van der Waals surface area (Å²) in [6.07, 6.45) is 0.394. The molecule has 0 radical (unpaired) electrons. The molecular weight excluding hydrogens is 439 g/mol. The number of carbonyl (C=O) groups excluding carboxylic acids is 1. The zero-order chi connectivity index (χ0) is 18.5. The first-order valence-electron chi connectivity index (χ1n) is 8.65. The van der Waals surface area contributed by atoms with Crippen molar-refractivity contribution in [1.29, 1.82) is 0 Å². The largest absolute Gasteiger partial charge is 0.469 e. The minimum Gasteiger partial charge on any atom is -0.469 e. The highest BCUT2D eigenvalue weighted by atomic mass is 127. The predicted octanol–water partition coefficient (Wildman–Crippen LogP) is 4.35. The van der Waals surface area contributed by atoms with E-state index in [4.69, 9.17) is 4.74 Å². The molecule has 4 nitrogen and oxygen atoms in total. The van der Waals surface area contributed by atoms with Gasteiger partial charge in [-0.2, -0.15) is 0 Å². The van der Waals surface area contributed by atoms with Crippen molar-refractivity contribution >= 4 is 39.5 Å². The van der Waals surface area contributed by atoms with Crippen molar-refractivity contribution in [3.63, 3.8) is 0 Å². The lowest BCUT2D eigenvalue weighted by Crippen LogP contribution is -2.26. The van der Waals surface area contributed by atoms with Gasteiger partial charge in [-0.1, -0.05) is 48.5 Å². The minimum absolute atomic E-state index is 0.171. The first kappa shape index (κ1) is 18.9. The molecule has 26 heavy (non-hydrogen) atoms. The van der Waals surface area contributed by atoms with E-state index in [1.807, 2.05) is 6.07 Å². The Hall–Kier alpha value is -1.86. The highest BCUT2D eigenvalue weighted by Crippen LogP contribution is 2.28. The summed E-state index contributed by atoms with van der Waals surface area (Å²) in [6, 6.07) is 18.9. The Kier molecular flexibility index (Phi) is 6.32. The lowest BCUT2D eigenvalue weighted by molar-refractivity contribution is -0.141. The summed E-state index contributed by atoms with van der Waals surface area (Å²) in [7, 11) is 3.54. The Morgan fingerprint density at radius 2 is 1.77 bits per heavy atom. The van der Waals surface area contributed by atoms with Crippen LogP contribution in [0, 0.1) is 3.70 Å². The molecule has 0 atom stereocenters. The van der Waals surface area contributed by atoms with E-state index < -0.39 is 0 Å². The molecule has 2 aromatic carbocycles. The number of para-hydroxylation sites is 1. The topological polar surface area (TPSA) is 34.5 Å². The van der Waals surface area contributed by atoms with E-state index >= 15 is 0 Å². The van der Waals surface area contributed by atoms with Crippen LogP contribution in [0.1, 0.15) is 17.5 Å². The van der Waals surface area contributed by atoms with Crippen LogP contribution in [0.4, 0.5) is 0 Å². The molecule has 0 N–H and O–H groups in total. The zero-order valence-electron chi connectivity index (χ0n) is 15.1. The van der Waals surface area contributed by atoms with Crippen molar-refractivity contribution in [1.82, 2.24) is 9.47 Å². The van der Waals surface area contributed by atoms with Crippen LogP contribution in [0.15, 0.2) is 54.6 Å². The number of methoxy groups -OCH3 is 1. The van der Waals surface area contributed by atoms with Gasteiger partial charge in [0.25, 0.3) is 0 Å². The predicted molar refractivity (Wildman–Crippen MR) is 113 cm³/mol. The molecule has 1 heterocycles. The highest BCUT2D eigenvalue weighted by Gasteiger charge is 2.17. The number of rotatable bonds is 7. The molecule has 0 bridgehead atoms. The molecule has 5 heteroatoms. The van der Waals surface area contributed by atoms with Gasteiger partial charge in [-0.05, 0) is 34.2 Å². The van der Waals surface area contributed by atoms with E-state index in [9.17, 15) is 4.79 Å². The molecule has 0 saturated heterocycles. The number of hydrogen-bond acceptors (Lipinski definition) is 3. The van der Waals surface area contributed by atoms with Gasteiger partial charge < -0.3 is 9.30 Å². The highest BCUT2D eigenvalue weighted by molar-refractivity contribution is 14.1. The summed E-state index contributed by atoms with van der Waals surface area (Å²) in [5, 5.41) is 1.27. The number of fused-ring (bicyclic) bond motifs is 1. The van der Waals surface area contributed by atoms with Crippen LogP contribution in [0.25, 0.3) is 10.9 Å². The van der Waals surface area contributed by atoms with E-state index in [0.29, 0.717) is 13.0 Å². The number of ether oxygens (including phenoxy) is 1.